The minimum Gasteiger partial charge on any atom is -0.461 e. The third-order valence-corrected chi connectivity index (χ3v) is 6.44. The van der Waals surface area contributed by atoms with Crippen molar-refractivity contribution >= 4 is 39.9 Å². The number of likely N-dealkylation sites (N-methyl/N-ethyl adjacent to an activating group) is 1. The first-order valence-electron chi connectivity index (χ1n) is 10.0. The van der Waals surface area contributed by atoms with Gasteiger partial charge in [0.15, 0.2) is 0 Å². The van der Waals surface area contributed by atoms with Crippen LogP contribution in [0.2, 0.25) is 0 Å². The number of nitrogens with zero attached hydrogens (tertiary/aromatic N) is 3. The minimum absolute atomic E-state index is 0.337. The summed E-state index contributed by atoms with van der Waals surface area (Å²) in [6, 6.07) is 13.2. The van der Waals surface area contributed by atoms with Gasteiger partial charge in [-0.05, 0) is 48.8 Å². The van der Waals surface area contributed by atoms with E-state index in [9.17, 15) is 10.1 Å². The van der Waals surface area contributed by atoms with E-state index in [1.165, 1.54) is 11.3 Å². The van der Waals surface area contributed by atoms with E-state index in [1.54, 1.807) is 41.8 Å². The molecule has 2 heterocycles. The monoisotopic (exact) mass is 452 g/mol. The number of nitriles is 1. The van der Waals surface area contributed by atoms with Crippen LogP contribution in [-0.2, 0) is 4.74 Å². The largest absolute Gasteiger partial charge is 0.461 e. The number of anilines is 1. The van der Waals surface area contributed by atoms with E-state index >= 15 is 0 Å². The van der Waals surface area contributed by atoms with Gasteiger partial charge in [-0.1, -0.05) is 19.9 Å². The van der Waals surface area contributed by atoms with Gasteiger partial charge in [0, 0.05) is 23.8 Å². The first kappa shape index (κ1) is 22.7. The fourth-order valence-corrected chi connectivity index (χ4v) is 4.37. The highest BCUT2D eigenvalue weighted by Gasteiger charge is 2.10. The number of nitrogens with one attached hydrogen (secondary N) is 1. The highest BCUT2D eigenvalue weighted by atomic mass is 32.1. The molecule has 1 aromatic carbocycles. The van der Waals surface area contributed by atoms with E-state index in [1.807, 2.05) is 22.9 Å². The molecule has 0 fully saturated rings. The zero-order valence-corrected chi connectivity index (χ0v) is 19.1. The van der Waals surface area contributed by atoms with Gasteiger partial charge in [-0.2, -0.15) is 5.26 Å². The molecule has 0 aliphatic rings. The number of ether oxygens (including phenoxy) is 1. The summed E-state index contributed by atoms with van der Waals surface area (Å²) in [5, 5.41) is 17.2. The predicted octanol–water partition coefficient (Wildman–Crippen LogP) is 5.35. The summed E-state index contributed by atoms with van der Waals surface area (Å²) in [6.45, 7) is 7.13. The zero-order valence-electron chi connectivity index (χ0n) is 17.5. The molecule has 0 spiro atoms. The fourth-order valence-electron chi connectivity index (χ4n) is 2.83. The number of rotatable bonds is 10. The molecule has 0 atom stereocenters. The van der Waals surface area contributed by atoms with Gasteiger partial charge in [-0.15, -0.1) is 22.7 Å². The number of esters is 1. The van der Waals surface area contributed by atoms with Gasteiger partial charge in [0.2, 0.25) is 0 Å². The lowest BCUT2D eigenvalue weighted by Crippen LogP contribution is -2.27. The Balaban J connectivity index is 1.58. The molecular formula is C23H24N4O2S2. The van der Waals surface area contributed by atoms with Crippen molar-refractivity contribution in [3.63, 3.8) is 0 Å². The summed E-state index contributed by atoms with van der Waals surface area (Å²) >= 11 is 3.05. The second-order valence-electron chi connectivity index (χ2n) is 6.57. The summed E-state index contributed by atoms with van der Waals surface area (Å²) in [6.07, 6.45) is 1.63. The number of hydrogen-bond donors (Lipinski definition) is 1. The third-order valence-electron chi connectivity index (χ3n) is 4.67. The van der Waals surface area contributed by atoms with E-state index in [2.05, 4.69) is 35.1 Å². The quantitative estimate of drug-likeness (QED) is 0.330. The molecule has 0 unspecified atom stereocenters. The van der Waals surface area contributed by atoms with Gasteiger partial charge in [-0.3, -0.25) is 0 Å². The number of allylic oxidation sites excluding steroid dienone is 1. The molecule has 8 heteroatoms. The number of carbonyl (C=O) groups is 1. The van der Waals surface area contributed by atoms with Crippen LogP contribution in [0.3, 0.4) is 0 Å². The Morgan fingerprint density at radius 1 is 1.23 bits per heavy atom. The standard InChI is InChI=1S/C23H24N4O2S2/c1-3-27(4-2)11-12-29-23(28)17-7-9-19(10-8-17)25-15-18(14-24)22-26-20(16-31-22)21-6-5-13-30-21/h5-10,13,15-16,25H,3-4,11-12H2,1-2H3/b18-15+. The predicted molar refractivity (Wildman–Crippen MR) is 127 cm³/mol. The summed E-state index contributed by atoms with van der Waals surface area (Å²) in [5.41, 5.74) is 2.59. The molecule has 31 heavy (non-hydrogen) atoms. The topological polar surface area (TPSA) is 78.2 Å². The van der Waals surface area contributed by atoms with E-state index in [4.69, 9.17) is 4.74 Å². The second-order valence-corrected chi connectivity index (χ2v) is 8.38. The first-order valence-corrected chi connectivity index (χ1v) is 11.8. The number of benzene rings is 1. The summed E-state index contributed by atoms with van der Waals surface area (Å²) in [4.78, 5) is 20.0. The Morgan fingerprint density at radius 3 is 2.65 bits per heavy atom. The molecule has 0 aliphatic carbocycles. The van der Waals surface area contributed by atoms with Crippen LogP contribution >= 0.6 is 22.7 Å². The highest BCUT2D eigenvalue weighted by Crippen LogP contribution is 2.28. The van der Waals surface area contributed by atoms with Crippen molar-refractivity contribution in [3.8, 4) is 16.6 Å². The molecule has 0 saturated carbocycles. The maximum absolute atomic E-state index is 12.2. The van der Waals surface area contributed by atoms with Crippen LogP contribution in [0.5, 0.6) is 0 Å². The molecule has 0 saturated heterocycles. The SMILES string of the molecule is CCN(CC)CCOC(=O)c1ccc(N/C=C(\C#N)c2nc(-c3cccs3)cs2)cc1. The smallest absolute Gasteiger partial charge is 0.338 e. The summed E-state index contributed by atoms with van der Waals surface area (Å²) in [5.74, 6) is -0.337. The van der Waals surface area contributed by atoms with Gasteiger partial charge < -0.3 is 15.0 Å². The second kappa shape index (κ2) is 11.4. The molecule has 160 valence electrons. The van der Waals surface area contributed by atoms with Crippen LogP contribution in [0.1, 0.15) is 29.2 Å². The zero-order chi connectivity index (χ0) is 22.1. The molecule has 0 radical (unpaired) electrons. The lowest BCUT2D eigenvalue weighted by molar-refractivity contribution is 0.0466. The lowest BCUT2D eigenvalue weighted by Gasteiger charge is -2.17. The van der Waals surface area contributed by atoms with Crippen LogP contribution in [0.15, 0.2) is 53.4 Å². The highest BCUT2D eigenvalue weighted by molar-refractivity contribution is 7.14. The molecule has 2 aromatic heterocycles. The van der Waals surface area contributed by atoms with Gasteiger partial charge in [0.25, 0.3) is 0 Å². The Kier molecular flexibility index (Phi) is 8.35. The molecule has 3 rings (SSSR count). The summed E-state index contributed by atoms with van der Waals surface area (Å²) < 4.78 is 5.35. The molecular weight excluding hydrogens is 428 g/mol. The van der Waals surface area contributed by atoms with Gasteiger partial charge in [-0.25, -0.2) is 9.78 Å². The average molecular weight is 453 g/mol. The molecule has 3 aromatic rings. The maximum atomic E-state index is 12.2. The van der Waals surface area contributed by atoms with Crippen molar-refractivity contribution in [2.24, 2.45) is 0 Å². The van der Waals surface area contributed by atoms with Crippen LogP contribution in [0, 0.1) is 11.3 Å². The average Bonchev–Trinajstić information content (AvgIpc) is 3.50. The van der Waals surface area contributed by atoms with Crippen molar-refractivity contribution < 1.29 is 9.53 Å². The van der Waals surface area contributed by atoms with Crippen LogP contribution in [0.25, 0.3) is 16.1 Å². The fraction of sp³-hybridized carbons (Fsp3) is 0.261. The Morgan fingerprint density at radius 2 is 2.00 bits per heavy atom. The van der Waals surface area contributed by atoms with E-state index < -0.39 is 0 Å². The Labute approximate surface area is 190 Å². The number of thiazole rings is 1. The van der Waals surface area contributed by atoms with Gasteiger partial charge in [0.05, 0.1) is 16.1 Å². The van der Waals surface area contributed by atoms with Crippen molar-refractivity contribution in [1.82, 2.24) is 9.88 Å². The van der Waals surface area contributed by atoms with Crippen LogP contribution in [-0.4, -0.2) is 42.1 Å². The number of carbonyl (C=O) groups excluding carboxylic acids is 1. The van der Waals surface area contributed by atoms with Gasteiger partial charge in [0.1, 0.15) is 23.3 Å². The Bertz CT molecular complexity index is 1050. The van der Waals surface area contributed by atoms with E-state index in [0.29, 0.717) is 22.8 Å². The first-order chi connectivity index (χ1) is 15.1. The lowest BCUT2D eigenvalue weighted by atomic mass is 10.2. The molecule has 1 N–H and O–H groups in total. The molecule has 6 nitrogen and oxygen atoms in total. The molecule has 0 amide bonds. The van der Waals surface area contributed by atoms with Crippen molar-refractivity contribution in [3.05, 3.63) is 63.9 Å². The molecule has 0 aliphatic heterocycles. The van der Waals surface area contributed by atoms with Crippen LogP contribution in [0.4, 0.5) is 5.69 Å². The Hall–Kier alpha value is -2.99. The molecule has 0 bridgehead atoms. The van der Waals surface area contributed by atoms with E-state index in [0.717, 1.165) is 35.9 Å². The number of aromatic nitrogens is 1. The third kappa shape index (κ3) is 6.25. The number of thiophene rings is 1. The maximum Gasteiger partial charge on any atom is 0.338 e. The van der Waals surface area contributed by atoms with Crippen LogP contribution < -0.4 is 5.32 Å². The van der Waals surface area contributed by atoms with Gasteiger partial charge >= 0.3 is 5.97 Å². The number of hydrogen-bond acceptors (Lipinski definition) is 8. The summed E-state index contributed by atoms with van der Waals surface area (Å²) in [7, 11) is 0. The van der Waals surface area contributed by atoms with Crippen molar-refractivity contribution in [2.45, 2.75) is 13.8 Å². The van der Waals surface area contributed by atoms with E-state index in [-0.39, 0.29) is 5.97 Å². The normalized spacial score (nSPS) is 11.4. The van der Waals surface area contributed by atoms with Crippen molar-refractivity contribution in [2.75, 3.05) is 31.6 Å². The van der Waals surface area contributed by atoms with Crippen molar-refractivity contribution in [1.29, 1.82) is 5.26 Å². The minimum atomic E-state index is -0.337.